The van der Waals surface area contributed by atoms with Crippen molar-refractivity contribution in [2.24, 2.45) is 5.92 Å². The molecule has 0 spiro atoms. The van der Waals surface area contributed by atoms with Crippen molar-refractivity contribution in [3.8, 4) is 0 Å². The number of nitrogens with zero attached hydrogens (tertiary/aromatic N) is 3. The number of aromatic nitrogens is 2. The molecular weight excluding hydrogens is 376 g/mol. The molecule has 144 valence electrons. The number of rotatable bonds is 7. The van der Waals surface area contributed by atoms with E-state index in [2.05, 4.69) is 50.7 Å². The lowest BCUT2D eigenvalue weighted by atomic mass is 9.93. The van der Waals surface area contributed by atoms with Crippen molar-refractivity contribution in [2.45, 2.75) is 49.0 Å². The maximum Gasteiger partial charge on any atom is 0.224 e. The van der Waals surface area contributed by atoms with Crippen molar-refractivity contribution >= 4 is 29.0 Å². The zero-order chi connectivity index (χ0) is 18.6. The fourth-order valence-electron chi connectivity index (χ4n) is 4.36. The van der Waals surface area contributed by atoms with Gasteiger partial charge in [0.1, 0.15) is 5.01 Å². The van der Waals surface area contributed by atoms with E-state index in [0.29, 0.717) is 12.1 Å². The van der Waals surface area contributed by atoms with Crippen LogP contribution < -0.4 is 5.32 Å². The van der Waals surface area contributed by atoms with Crippen molar-refractivity contribution in [3.63, 3.8) is 0 Å². The topological polar surface area (TPSA) is 58.1 Å². The summed E-state index contributed by atoms with van der Waals surface area (Å²) in [7, 11) is 0. The number of nitrogens with one attached hydrogen (secondary N) is 1. The van der Waals surface area contributed by atoms with Gasteiger partial charge < -0.3 is 5.32 Å². The van der Waals surface area contributed by atoms with Crippen LogP contribution in [-0.2, 0) is 4.79 Å². The third-order valence-corrected chi connectivity index (χ3v) is 7.62. The second kappa shape index (κ2) is 8.71. The van der Waals surface area contributed by atoms with Gasteiger partial charge >= 0.3 is 0 Å². The number of carbonyl (C=O) groups excluding carboxylic acids is 1. The first-order valence-electron chi connectivity index (χ1n) is 9.73. The molecule has 0 radical (unpaired) electrons. The van der Waals surface area contributed by atoms with Crippen molar-refractivity contribution in [1.82, 2.24) is 20.4 Å². The molecule has 2 fully saturated rings. The standard InChI is InChI=1S/C20H26N4OS2/c1-14-22-23-20(27-14)26-12-6-10-21-19(25)16-13-18(15-7-3-2-4-8-15)24-11-5-9-17(16)24/h2-4,7-8,16-18H,5-6,9-13H2,1H3,(H,21,25)/t16-,17+,18-/m1/s1. The molecule has 2 aliphatic heterocycles. The number of hydrogen-bond acceptors (Lipinski definition) is 6. The Labute approximate surface area is 168 Å². The van der Waals surface area contributed by atoms with Crippen LogP contribution in [0, 0.1) is 12.8 Å². The van der Waals surface area contributed by atoms with Gasteiger partial charge in [0.25, 0.3) is 0 Å². The van der Waals surface area contributed by atoms with Gasteiger partial charge in [0.05, 0.1) is 5.92 Å². The molecule has 1 N–H and O–H groups in total. The molecule has 0 saturated carbocycles. The van der Waals surface area contributed by atoms with Crippen LogP contribution in [0.1, 0.15) is 42.3 Å². The van der Waals surface area contributed by atoms with Gasteiger partial charge in [-0.1, -0.05) is 53.4 Å². The maximum atomic E-state index is 12.8. The number of amides is 1. The van der Waals surface area contributed by atoms with Crippen LogP contribution >= 0.6 is 23.1 Å². The van der Waals surface area contributed by atoms with E-state index in [1.807, 2.05) is 6.92 Å². The minimum absolute atomic E-state index is 0.121. The maximum absolute atomic E-state index is 12.8. The highest BCUT2D eigenvalue weighted by Gasteiger charge is 2.46. The predicted octanol–water partition coefficient (Wildman–Crippen LogP) is 3.67. The zero-order valence-corrected chi connectivity index (χ0v) is 17.3. The Morgan fingerprint density at radius 2 is 2.19 bits per heavy atom. The third-order valence-electron chi connectivity index (χ3n) is 5.56. The SMILES string of the molecule is Cc1nnc(SCCCNC(=O)[C@@H]2C[C@H](c3ccccc3)N3CCC[C@@H]23)s1. The second-order valence-corrected chi connectivity index (χ2v) is 9.82. The van der Waals surface area contributed by atoms with Crippen molar-refractivity contribution in [3.05, 3.63) is 40.9 Å². The fraction of sp³-hybridized carbons (Fsp3) is 0.550. The highest BCUT2D eigenvalue weighted by atomic mass is 32.2. The molecule has 4 rings (SSSR count). The van der Waals surface area contributed by atoms with Gasteiger partial charge in [-0.25, -0.2) is 0 Å². The highest BCUT2D eigenvalue weighted by Crippen LogP contribution is 2.44. The molecule has 0 aliphatic carbocycles. The minimum Gasteiger partial charge on any atom is -0.356 e. The van der Waals surface area contributed by atoms with Crippen molar-refractivity contribution in [2.75, 3.05) is 18.8 Å². The van der Waals surface area contributed by atoms with Gasteiger partial charge in [-0.2, -0.15) is 0 Å². The molecule has 2 aliphatic rings. The number of hydrogen-bond donors (Lipinski definition) is 1. The fourth-order valence-corrected chi connectivity index (χ4v) is 6.19. The molecule has 5 nitrogen and oxygen atoms in total. The largest absolute Gasteiger partial charge is 0.356 e. The van der Waals surface area contributed by atoms with Gasteiger partial charge in [0, 0.05) is 24.4 Å². The summed E-state index contributed by atoms with van der Waals surface area (Å²) in [4.78, 5) is 15.4. The van der Waals surface area contributed by atoms with Crippen LogP contribution in [0.4, 0.5) is 0 Å². The van der Waals surface area contributed by atoms with E-state index < -0.39 is 0 Å². The van der Waals surface area contributed by atoms with Crippen LogP contribution in [0.25, 0.3) is 0 Å². The number of fused-ring (bicyclic) bond motifs is 1. The van der Waals surface area contributed by atoms with Crippen LogP contribution in [0.2, 0.25) is 0 Å². The lowest BCUT2D eigenvalue weighted by Crippen LogP contribution is -2.37. The lowest BCUT2D eigenvalue weighted by Gasteiger charge is -2.24. The Hall–Kier alpha value is -1.44. The first-order valence-corrected chi connectivity index (χ1v) is 11.5. The summed E-state index contributed by atoms with van der Waals surface area (Å²) >= 11 is 3.35. The van der Waals surface area contributed by atoms with E-state index >= 15 is 0 Å². The first kappa shape index (κ1) is 18.9. The van der Waals surface area contributed by atoms with E-state index in [0.717, 1.165) is 47.5 Å². The molecular formula is C20H26N4OS2. The molecule has 1 aromatic carbocycles. The molecule has 7 heteroatoms. The molecule has 1 aromatic heterocycles. The Balaban J connectivity index is 1.27. The summed E-state index contributed by atoms with van der Waals surface area (Å²) in [6.45, 7) is 3.83. The summed E-state index contributed by atoms with van der Waals surface area (Å²) in [5.74, 6) is 1.32. The Bertz CT molecular complexity index is 766. The molecule has 3 atom stereocenters. The van der Waals surface area contributed by atoms with Gasteiger partial charge in [0.2, 0.25) is 5.91 Å². The number of aryl methyl sites for hydroxylation is 1. The van der Waals surface area contributed by atoms with Gasteiger partial charge in [0.15, 0.2) is 4.34 Å². The average molecular weight is 403 g/mol. The molecule has 27 heavy (non-hydrogen) atoms. The minimum atomic E-state index is 0.121. The van der Waals surface area contributed by atoms with E-state index in [4.69, 9.17) is 0 Å². The molecule has 2 saturated heterocycles. The summed E-state index contributed by atoms with van der Waals surface area (Å²) in [5, 5.41) is 12.3. The summed E-state index contributed by atoms with van der Waals surface area (Å²) in [5.41, 5.74) is 1.35. The van der Waals surface area contributed by atoms with Crippen LogP contribution in [0.15, 0.2) is 34.7 Å². The number of thioether (sulfide) groups is 1. The molecule has 1 amide bonds. The normalized spacial score (nSPS) is 24.9. The smallest absolute Gasteiger partial charge is 0.224 e. The summed E-state index contributed by atoms with van der Waals surface area (Å²) in [6, 6.07) is 11.5. The Morgan fingerprint density at radius 1 is 1.33 bits per heavy atom. The van der Waals surface area contributed by atoms with Crippen LogP contribution in [-0.4, -0.2) is 45.9 Å². The Morgan fingerprint density at radius 3 is 2.96 bits per heavy atom. The summed E-state index contributed by atoms with van der Waals surface area (Å²) < 4.78 is 1.02. The van der Waals surface area contributed by atoms with Gasteiger partial charge in [-0.05, 0) is 44.7 Å². The quantitative estimate of drug-likeness (QED) is 0.566. The van der Waals surface area contributed by atoms with E-state index in [9.17, 15) is 4.79 Å². The average Bonchev–Trinajstić information content (AvgIpc) is 3.38. The number of carbonyl (C=O) groups is 1. The predicted molar refractivity (Wildman–Crippen MR) is 110 cm³/mol. The van der Waals surface area contributed by atoms with Crippen LogP contribution in [0.3, 0.4) is 0 Å². The van der Waals surface area contributed by atoms with Gasteiger partial charge in [-0.15, -0.1) is 10.2 Å². The van der Waals surface area contributed by atoms with Crippen LogP contribution in [0.5, 0.6) is 0 Å². The van der Waals surface area contributed by atoms with Crippen molar-refractivity contribution in [1.29, 1.82) is 0 Å². The monoisotopic (exact) mass is 402 g/mol. The third kappa shape index (κ3) is 4.36. The molecule has 0 unspecified atom stereocenters. The highest BCUT2D eigenvalue weighted by molar-refractivity contribution is 8.01. The molecule has 3 heterocycles. The van der Waals surface area contributed by atoms with Gasteiger partial charge in [-0.3, -0.25) is 9.69 Å². The molecule has 2 aromatic rings. The summed E-state index contributed by atoms with van der Waals surface area (Å²) in [6.07, 6.45) is 4.25. The van der Waals surface area contributed by atoms with Crippen molar-refractivity contribution < 1.29 is 4.79 Å². The second-order valence-electron chi connectivity index (χ2n) is 7.30. The van der Waals surface area contributed by atoms with E-state index in [1.165, 1.54) is 12.0 Å². The lowest BCUT2D eigenvalue weighted by molar-refractivity contribution is -0.125. The first-order chi connectivity index (χ1) is 13.2. The molecule has 0 bridgehead atoms. The number of benzene rings is 1. The Kier molecular flexibility index (Phi) is 6.10. The zero-order valence-electron chi connectivity index (χ0n) is 15.6. The van der Waals surface area contributed by atoms with E-state index in [-0.39, 0.29) is 11.8 Å². The van der Waals surface area contributed by atoms with E-state index in [1.54, 1.807) is 23.1 Å².